The van der Waals surface area contributed by atoms with Crippen molar-refractivity contribution in [3.63, 3.8) is 0 Å². The Morgan fingerprint density at radius 1 is 0.343 bits per heavy atom. The van der Waals surface area contributed by atoms with Gasteiger partial charge in [0, 0.05) is 76.6 Å². The van der Waals surface area contributed by atoms with Crippen LogP contribution in [-0.2, 0) is 86.4 Å². The lowest BCUT2D eigenvalue weighted by Gasteiger charge is -2.31. The molecular formula is C90H142N32O19S2. The van der Waals surface area contributed by atoms with E-state index in [2.05, 4.69) is 121 Å². The topological polar surface area (TPSA) is 883 Å². The van der Waals surface area contributed by atoms with Crippen LogP contribution in [0.3, 0.4) is 0 Å². The molecule has 14 atom stereocenters. The summed E-state index contributed by atoms with van der Waals surface area (Å²) in [5.74, 6) is -16.3. The van der Waals surface area contributed by atoms with E-state index in [1.54, 1.807) is 24.3 Å². The van der Waals surface area contributed by atoms with Crippen LogP contribution < -0.4 is 147 Å². The number of amides is 17. The smallest absolute Gasteiger partial charge is 0.326 e. The van der Waals surface area contributed by atoms with E-state index in [1.807, 2.05) is 18.2 Å². The number of primary amides is 2. The summed E-state index contributed by atoms with van der Waals surface area (Å²) in [4.78, 5) is 229. The van der Waals surface area contributed by atoms with E-state index >= 15 is 28.8 Å². The predicted molar refractivity (Wildman–Crippen MR) is 539 cm³/mol. The molecule has 0 bridgehead atoms. The Bertz CT molecular complexity index is 4940. The molecule has 17 amide bonds. The molecule has 43 N–H and O–H groups in total. The van der Waals surface area contributed by atoms with Gasteiger partial charge in [-0.25, -0.2) is 14.4 Å². The normalized spacial score (nSPS) is 14.8. The molecule has 0 saturated carbocycles. The minimum atomic E-state index is -1.64. The summed E-state index contributed by atoms with van der Waals surface area (Å²) in [5, 5.41) is 110. The highest BCUT2D eigenvalue weighted by atomic mass is 32.1. The molecule has 5 rings (SSSR count). The lowest BCUT2D eigenvalue weighted by atomic mass is 10.00. The Morgan fingerprint density at radius 2 is 0.636 bits per heavy atom. The van der Waals surface area contributed by atoms with Crippen molar-refractivity contribution >= 4 is 155 Å². The number of hydrogen-bond donors (Lipinski definition) is 36. The Morgan fingerprint density at radius 3 is 1.01 bits per heavy atom. The number of guanidine groups is 4. The summed E-state index contributed by atoms with van der Waals surface area (Å²) in [6.07, 6.45) is -0.173. The van der Waals surface area contributed by atoms with Gasteiger partial charge in [-0.3, -0.25) is 84.0 Å². The molecule has 788 valence electrons. The Kier molecular flexibility index (Phi) is 53.3. The summed E-state index contributed by atoms with van der Waals surface area (Å²) < 4.78 is 0. The highest BCUT2D eigenvalue weighted by Crippen LogP contribution is 2.24. The number of carboxylic acids is 1. The van der Waals surface area contributed by atoms with Gasteiger partial charge in [0.2, 0.25) is 76.8 Å². The number of carbonyl (C=O) groups excluding carboxylic acids is 15. The number of nitrogens with one attached hydrogen (secondary N) is 22. The third-order valence-corrected chi connectivity index (χ3v) is 23.6. The second kappa shape index (κ2) is 64.1. The highest BCUT2D eigenvalue weighted by Gasteiger charge is 2.42. The van der Waals surface area contributed by atoms with Crippen molar-refractivity contribution in [3.8, 4) is 11.5 Å². The number of nitrogens with two attached hydrogens (primary N) is 9. The lowest BCUT2D eigenvalue weighted by Crippen LogP contribution is -2.61. The number of likely N-dealkylation sites (tertiary alicyclic amines) is 1. The first kappa shape index (κ1) is 119. The Hall–Kier alpha value is -14.5. The molecule has 1 aliphatic rings. The number of nitrogens with zero attached hydrogens (tertiary/aromatic N) is 1. The summed E-state index contributed by atoms with van der Waals surface area (Å²) in [6, 6.07) is 1.06. The zero-order valence-electron chi connectivity index (χ0n) is 79.7. The van der Waals surface area contributed by atoms with Crippen LogP contribution in [0, 0.1) is 21.6 Å². The van der Waals surface area contributed by atoms with Gasteiger partial charge in [0.05, 0.1) is 6.04 Å². The first-order chi connectivity index (χ1) is 68.1. The molecule has 1 aliphatic heterocycles. The SMILES string of the molecule is N=C(N)NCCC[C@H](NC(=O)[C@H](CS)NC(=O)[C@H](CCCNC(N)=O)NC(=O)[C@H](CCCNC(=N)N)NC(=O)[C@H](Cc1ccc(O)cc1)NC(=O)[C@@H]1CCCN1C(=O)[C@@H](CCCCN)NC(=O)[C@H](CCCCN)NC(=O)[C@H](CCCNC(=N)N)NC(=O)[C@H](Cc1ccc(O)cc1)NC(=O)[C@H](CS)NC(=O)[C@H](Cc1ccc2ccccc2c1)NC(=O)[C@H](CCCNC(=N)N)NC(=O)[C@@H](N)CCCNC(N)=O)C(=O)O. The molecule has 0 aliphatic carbocycles. The molecular weight excluding hydrogens is 1900 g/mol. The molecule has 4 aromatic rings. The van der Waals surface area contributed by atoms with E-state index in [0.29, 0.717) is 29.5 Å². The van der Waals surface area contributed by atoms with Crippen LogP contribution in [0.4, 0.5) is 9.59 Å². The van der Waals surface area contributed by atoms with Gasteiger partial charge in [-0.2, -0.15) is 25.3 Å². The number of urea groups is 2. The van der Waals surface area contributed by atoms with Crippen LogP contribution in [0.2, 0.25) is 0 Å². The maximum Gasteiger partial charge on any atom is 0.326 e. The zero-order valence-corrected chi connectivity index (χ0v) is 81.5. The van der Waals surface area contributed by atoms with Crippen LogP contribution in [-0.4, -0.2) is 294 Å². The van der Waals surface area contributed by atoms with Crippen LogP contribution in [0.15, 0.2) is 91.0 Å². The number of aromatic hydroxyl groups is 2. The van der Waals surface area contributed by atoms with Crippen molar-refractivity contribution in [2.75, 3.05) is 70.4 Å². The van der Waals surface area contributed by atoms with E-state index in [-0.39, 0.29) is 217 Å². The van der Waals surface area contributed by atoms with Crippen molar-refractivity contribution in [2.45, 2.75) is 232 Å². The second-order valence-corrected chi connectivity index (χ2v) is 35.0. The number of phenols is 2. The maximum absolute atomic E-state index is 15.4. The molecule has 1 heterocycles. The van der Waals surface area contributed by atoms with E-state index in [4.69, 9.17) is 73.2 Å². The second-order valence-electron chi connectivity index (χ2n) is 34.2. The quantitative estimate of drug-likeness (QED) is 0.00846. The average molecular weight is 2040 g/mol. The predicted octanol–water partition coefficient (Wildman–Crippen LogP) is -6.43. The number of carbonyl (C=O) groups is 16. The van der Waals surface area contributed by atoms with Crippen LogP contribution in [0.5, 0.6) is 11.5 Å². The number of rotatable bonds is 66. The van der Waals surface area contributed by atoms with E-state index < -0.39 is 203 Å². The van der Waals surface area contributed by atoms with Gasteiger partial charge >= 0.3 is 18.0 Å². The van der Waals surface area contributed by atoms with Gasteiger partial charge in [0.15, 0.2) is 23.8 Å². The first-order valence-corrected chi connectivity index (χ1v) is 48.4. The molecule has 143 heavy (non-hydrogen) atoms. The van der Waals surface area contributed by atoms with E-state index in [9.17, 15) is 63.3 Å². The minimum Gasteiger partial charge on any atom is -0.508 e. The number of carboxylic acid groups (broad SMARTS) is 1. The van der Waals surface area contributed by atoms with Gasteiger partial charge < -0.3 is 168 Å². The fourth-order valence-electron chi connectivity index (χ4n) is 15.3. The minimum absolute atomic E-state index is 0.00117. The number of unbranched alkanes of at least 4 members (excludes halogenated alkanes) is 2. The fourth-order valence-corrected chi connectivity index (χ4v) is 15.8. The van der Waals surface area contributed by atoms with Gasteiger partial charge in [-0.1, -0.05) is 66.7 Å². The van der Waals surface area contributed by atoms with Crippen molar-refractivity contribution in [1.82, 2.24) is 101 Å². The summed E-state index contributed by atoms with van der Waals surface area (Å²) >= 11 is 8.68. The monoisotopic (exact) mass is 2040 g/mol. The van der Waals surface area contributed by atoms with Gasteiger partial charge in [-0.05, 0) is 193 Å². The molecule has 0 radical (unpaired) electrons. The highest BCUT2D eigenvalue weighted by molar-refractivity contribution is 7.80. The zero-order chi connectivity index (χ0) is 106. The number of hydrogen-bond acceptors (Lipinski definition) is 27. The third kappa shape index (κ3) is 44.9. The molecule has 0 unspecified atom stereocenters. The van der Waals surface area contributed by atoms with Crippen LogP contribution in [0.1, 0.15) is 145 Å². The molecule has 1 fully saturated rings. The van der Waals surface area contributed by atoms with Gasteiger partial charge in [-0.15, -0.1) is 0 Å². The van der Waals surface area contributed by atoms with Crippen molar-refractivity contribution in [3.05, 3.63) is 108 Å². The van der Waals surface area contributed by atoms with E-state index in [0.717, 1.165) is 10.8 Å². The largest absolute Gasteiger partial charge is 0.508 e. The van der Waals surface area contributed by atoms with Crippen molar-refractivity contribution in [2.24, 2.45) is 51.6 Å². The Balaban J connectivity index is 1.47. The van der Waals surface area contributed by atoms with Gasteiger partial charge in [0.1, 0.15) is 90.0 Å². The van der Waals surface area contributed by atoms with Crippen LogP contribution >= 0.6 is 25.3 Å². The number of benzene rings is 4. The lowest BCUT2D eigenvalue weighted by molar-refractivity contribution is -0.142. The number of aliphatic carboxylic acids is 1. The molecule has 0 spiro atoms. The third-order valence-electron chi connectivity index (χ3n) is 22.9. The summed E-state index contributed by atoms with van der Waals surface area (Å²) in [5.41, 5.74) is 52.0. The number of thiol groups is 2. The molecule has 0 aromatic heterocycles. The maximum atomic E-state index is 15.4. The van der Waals surface area contributed by atoms with Gasteiger partial charge in [0.25, 0.3) is 0 Å². The van der Waals surface area contributed by atoms with Crippen molar-refractivity contribution < 1.29 is 92.0 Å². The molecule has 53 heteroatoms. The van der Waals surface area contributed by atoms with Crippen LogP contribution in [0.25, 0.3) is 10.8 Å². The average Bonchev–Trinajstić information content (AvgIpc) is 1.45. The molecule has 1 saturated heterocycles. The first-order valence-electron chi connectivity index (χ1n) is 47.1. The number of fused-ring (bicyclic) bond motifs is 1. The summed E-state index contributed by atoms with van der Waals surface area (Å²) in [7, 11) is 0. The molecule has 4 aromatic carbocycles. The molecule has 51 nitrogen and oxygen atoms in total. The number of phenolic OH excluding ortho intramolecular Hbond substituents is 2. The Labute approximate surface area is 838 Å². The summed E-state index contributed by atoms with van der Waals surface area (Å²) in [6.45, 7) is 0.279. The van der Waals surface area contributed by atoms with Crippen molar-refractivity contribution in [1.29, 1.82) is 21.6 Å². The standard InChI is InChI=1S/C90H142N32O19S2/c91-35-5-3-17-58(111-72(126)60(20-9-38-105-86(96)97)113-77(131)65(45-50-26-31-55(123)32-27-50)118-81(135)69(49-143)121-79(133)67(47-52-25-30-53-14-1-2-15-54(53)44-52)117-75(129)59(19-8-37-104-85(94)95)110-71(125)57(93)16-7-41-108-89(102)140)74(128)115-63(18-4-6-36-92)83(137)122-43-13-24-70(122)82(136)119-66(46-51-28-33-56(124)34-29-51)78(132)114-61(21-10-39-106-87(98)99)73(127)112-62(22-11-42-109-90(103)141)76(130)120-68(48-142)80(134)116-64(84(138)139)23-12-40-107-88(100)101/h1-2,14-15,25-34,44,57-70,123-124,142-143H,3-13,16-24,35-43,45-49,91-93H2,(H,110,125)(H,111,126)(H,112,127)(H,113,131)(H,114,132)(H,115,128)(H,116,134)(H,117,129)(H,118,135)(H,119,136)(H,120,130)(H,121,133)(H,138,139)(H4,94,95,104)(H4,96,97,105)(H4,98,99,106)(H4,100,101,107)(H3,102,108,140)(H3,103,109,141)/t57-,58-,59-,60-,61-,62-,63+,64-,65-,66-,67-,68-,69-,70-/m0/s1. The fraction of sp³-hybridized carbons (Fsp3) is 0.533. The van der Waals surface area contributed by atoms with E-state index in [1.165, 1.54) is 53.4 Å².